The minimum Gasteiger partial charge on any atom is -0.457 e. The summed E-state index contributed by atoms with van der Waals surface area (Å²) >= 11 is 0. The number of anilines is 1. The molecule has 2 aliphatic rings. The summed E-state index contributed by atoms with van der Waals surface area (Å²) in [7, 11) is 0. The zero-order valence-corrected chi connectivity index (χ0v) is 12.6. The smallest absolute Gasteiger partial charge is 0.270 e. The van der Waals surface area contributed by atoms with Crippen LogP contribution in [0.4, 0.5) is 10.1 Å². The van der Waals surface area contributed by atoms with E-state index in [1.807, 2.05) is 6.19 Å². The fourth-order valence-electron chi connectivity index (χ4n) is 3.03. The van der Waals surface area contributed by atoms with Gasteiger partial charge < -0.3 is 15.0 Å². The van der Waals surface area contributed by atoms with E-state index in [1.165, 1.54) is 17.0 Å². The van der Waals surface area contributed by atoms with Crippen molar-refractivity contribution in [2.45, 2.75) is 12.0 Å². The van der Waals surface area contributed by atoms with Crippen LogP contribution in [-0.2, 0) is 4.79 Å². The highest BCUT2D eigenvalue weighted by molar-refractivity contribution is 6.01. The maximum Gasteiger partial charge on any atom is 0.270 e. The van der Waals surface area contributed by atoms with Gasteiger partial charge in [0, 0.05) is 24.7 Å². The van der Waals surface area contributed by atoms with E-state index in [0.717, 1.165) is 11.1 Å². The van der Waals surface area contributed by atoms with Crippen molar-refractivity contribution in [2.24, 2.45) is 0 Å². The number of carbonyl (C=O) groups excluding carboxylic acids is 1. The predicted molar refractivity (Wildman–Crippen MR) is 83.4 cm³/mol. The maximum absolute atomic E-state index is 13.0. The third-order valence-electron chi connectivity index (χ3n) is 4.36. The molecule has 1 fully saturated rings. The fraction of sp³-hybridized carbons (Fsp3) is 0.235. The van der Waals surface area contributed by atoms with E-state index in [1.54, 1.807) is 24.4 Å². The molecule has 1 aromatic carbocycles. The molecule has 2 aromatic rings. The van der Waals surface area contributed by atoms with Gasteiger partial charge in [0.05, 0.1) is 6.54 Å². The van der Waals surface area contributed by atoms with Crippen molar-refractivity contribution in [3.8, 4) is 23.2 Å². The Labute approximate surface area is 137 Å². The second-order valence-corrected chi connectivity index (χ2v) is 5.91. The minimum absolute atomic E-state index is 0.218. The Morgan fingerprint density at radius 3 is 2.83 bits per heavy atom. The number of likely N-dealkylation sites (tertiary alicyclic amines) is 1. The summed E-state index contributed by atoms with van der Waals surface area (Å²) in [4.78, 5) is 18.3. The van der Waals surface area contributed by atoms with Gasteiger partial charge in [0.25, 0.3) is 5.91 Å². The Hall–Kier alpha value is -3.14. The van der Waals surface area contributed by atoms with Crippen LogP contribution in [-0.4, -0.2) is 34.5 Å². The largest absolute Gasteiger partial charge is 0.457 e. The number of fused-ring (bicyclic) bond motifs is 1. The molecule has 0 aliphatic carbocycles. The van der Waals surface area contributed by atoms with Crippen LogP contribution in [0.5, 0.6) is 5.88 Å². The van der Waals surface area contributed by atoms with Crippen LogP contribution in [0, 0.1) is 17.3 Å². The molecule has 0 bridgehead atoms. The molecule has 1 aromatic heterocycles. The average molecular weight is 324 g/mol. The number of pyridine rings is 1. The molecule has 1 spiro atoms. The van der Waals surface area contributed by atoms with Gasteiger partial charge in [-0.2, -0.15) is 5.26 Å². The topological polar surface area (TPSA) is 78.2 Å². The fourth-order valence-corrected chi connectivity index (χ4v) is 3.03. The lowest BCUT2D eigenvalue weighted by Gasteiger charge is -2.33. The molecule has 120 valence electrons. The van der Waals surface area contributed by atoms with Crippen molar-refractivity contribution < 1.29 is 13.9 Å². The number of nitrogens with one attached hydrogen (secondary N) is 1. The Morgan fingerprint density at radius 2 is 2.12 bits per heavy atom. The highest BCUT2D eigenvalue weighted by Crippen LogP contribution is 2.38. The molecule has 4 rings (SSSR count). The highest BCUT2D eigenvalue weighted by Gasteiger charge is 2.50. The van der Waals surface area contributed by atoms with Gasteiger partial charge in [0.2, 0.25) is 11.5 Å². The highest BCUT2D eigenvalue weighted by atomic mass is 19.1. The van der Waals surface area contributed by atoms with Crippen molar-refractivity contribution >= 4 is 11.6 Å². The first-order valence-electron chi connectivity index (χ1n) is 7.51. The number of nitrogens with zero attached hydrogens (tertiary/aromatic N) is 3. The third-order valence-corrected chi connectivity index (χ3v) is 4.36. The average Bonchev–Trinajstić information content (AvgIpc) is 3.01. The summed E-state index contributed by atoms with van der Waals surface area (Å²) in [6.45, 7) is 0.698. The minimum atomic E-state index is -1.06. The normalized spacial score (nSPS) is 21.8. The molecule has 2 aliphatic heterocycles. The molecule has 3 heterocycles. The molecule has 1 atom stereocenters. The van der Waals surface area contributed by atoms with Crippen molar-refractivity contribution in [1.82, 2.24) is 9.88 Å². The number of rotatable bonds is 1. The van der Waals surface area contributed by atoms with Crippen molar-refractivity contribution in [1.29, 1.82) is 5.26 Å². The van der Waals surface area contributed by atoms with Gasteiger partial charge in [0.15, 0.2) is 6.19 Å². The summed E-state index contributed by atoms with van der Waals surface area (Å²) in [5.74, 6) is -0.252. The summed E-state index contributed by atoms with van der Waals surface area (Å²) < 4.78 is 18.9. The van der Waals surface area contributed by atoms with E-state index in [2.05, 4.69) is 10.3 Å². The molecule has 6 nitrogen and oxygen atoms in total. The molecule has 1 N–H and O–H groups in total. The maximum atomic E-state index is 13.0. The number of benzene rings is 1. The van der Waals surface area contributed by atoms with E-state index < -0.39 is 5.60 Å². The Bertz CT molecular complexity index is 862. The molecule has 1 saturated heterocycles. The van der Waals surface area contributed by atoms with Crippen LogP contribution < -0.4 is 10.1 Å². The van der Waals surface area contributed by atoms with Gasteiger partial charge in [-0.15, -0.1) is 0 Å². The number of amides is 1. The van der Waals surface area contributed by atoms with Gasteiger partial charge >= 0.3 is 0 Å². The molecular weight excluding hydrogens is 311 g/mol. The van der Waals surface area contributed by atoms with Crippen LogP contribution in [0.25, 0.3) is 11.1 Å². The van der Waals surface area contributed by atoms with E-state index in [4.69, 9.17) is 10.00 Å². The number of nitriles is 1. The predicted octanol–water partition coefficient (Wildman–Crippen LogP) is 2.14. The standard InChI is InChI=1S/C17H13FN4O2/c18-13-3-1-11(2-4-13)12-7-14-15(20-8-12)24-17(16(23)21-14)5-6-22(9-17)10-19/h1-4,7-8H,5-6,9H2,(H,21,23). The third kappa shape index (κ3) is 2.24. The van der Waals surface area contributed by atoms with Crippen LogP contribution in [0.3, 0.4) is 0 Å². The quantitative estimate of drug-likeness (QED) is 0.813. The first kappa shape index (κ1) is 14.5. The van der Waals surface area contributed by atoms with Crippen LogP contribution >= 0.6 is 0 Å². The first-order valence-corrected chi connectivity index (χ1v) is 7.51. The molecule has 0 saturated carbocycles. The Morgan fingerprint density at radius 1 is 1.33 bits per heavy atom. The summed E-state index contributed by atoms with van der Waals surface area (Å²) in [5.41, 5.74) is 0.951. The number of ether oxygens (including phenoxy) is 1. The van der Waals surface area contributed by atoms with E-state index in [9.17, 15) is 9.18 Å². The van der Waals surface area contributed by atoms with Gasteiger partial charge in [-0.25, -0.2) is 9.37 Å². The summed E-state index contributed by atoms with van der Waals surface area (Å²) in [6.07, 6.45) is 4.09. The monoisotopic (exact) mass is 324 g/mol. The van der Waals surface area contributed by atoms with Crippen molar-refractivity contribution in [3.63, 3.8) is 0 Å². The second-order valence-electron chi connectivity index (χ2n) is 5.91. The zero-order chi connectivity index (χ0) is 16.7. The number of aromatic nitrogens is 1. The Kier molecular flexibility index (Phi) is 3.13. The molecule has 1 unspecified atom stereocenters. The zero-order valence-electron chi connectivity index (χ0n) is 12.6. The van der Waals surface area contributed by atoms with Crippen LogP contribution in [0.2, 0.25) is 0 Å². The molecule has 24 heavy (non-hydrogen) atoms. The van der Waals surface area contributed by atoms with Crippen molar-refractivity contribution in [2.75, 3.05) is 18.4 Å². The SMILES string of the molecule is N#CN1CCC2(C1)Oc1ncc(-c3ccc(F)cc3)cc1NC2=O. The molecule has 0 radical (unpaired) electrons. The van der Waals surface area contributed by atoms with Crippen LogP contribution in [0.15, 0.2) is 36.5 Å². The molecule has 1 amide bonds. The second kappa shape index (κ2) is 5.20. The number of hydrogen-bond donors (Lipinski definition) is 1. The lowest BCUT2D eigenvalue weighted by molar-refractivity contribution is -0.131. The summed E-state index contributed by atoms with van der Waals surface area (Å²) in [5, 5.41) is 11.8. The number of carbonyl (C=O) groups is 1. The van der Waals surface area contributed by atoms with Gasteiger partial charge in [0.1, 0.15) is 11.5 Å². The van der Waals surface area contributed by atoms with Gasteiger partial charge in [-0.05, 0) is 23.8 Å². The van der Waals surface area contributed by atoms with E-state index in [-0.39, 0.29) is 18.3 Å². The van der Waals surface area contributed by atoms with Crippen LogP contribution in [0.1, 0.15) is 6.42 Å². The van der Waals surface area contributed by atoms with E-state index >= 15 is 0 Å². The molecule has 7 heteroatoms. The molecular formula is C17H13FN4O2. The summed E-state index contributed by atoms with van der Waals surface area (Å²) in [6, 6.07) is 7.78. The Balaban J connectivity index is 1.66. The van der Waals surface area contributed by atoms with E-state index in [0.29, 0.717) is 24.5 Å². The number of halogens is 1. The van der Waals surface area contributed by atoms with Gasteiger partial charge in [-0.3, -0.25) is 4.79 Å². The lowest BCUT2D eigenvalue weighted by atomic mass is 9.99. The first-order chi connectivity index (χ1) is 11.6. The lowest BCUT2D eigenvalue weighted by Crippen LogP contribution is -2.52. The van der Waals surface area contributed by atoms with Crippen molar-refractivity contribution in [3.05, 3.63) is 42.3 Å². The number of hydrogen-bond acceptors (Lipinski definition) is 5. The van der Waals surface area contributed by atoms with Gasteiger partial charge in [-0.1, -0.05) is 12.1 Å².